The quantitative estimate of drug-likeness (QED) is 0.660. The van der Waals surface area contributed by atoms with Gasteiger partial charge >= 0.3 is 0 Å². The molecule has 13 heavy (non-hydrogen) atoms. The van der Waals surface area contributed by atoms with Crippen LogP contribution < -0.4 is 0 Å². The lowest BCUT2D eigenvalue weighted by Gasteiger charge is -2.21. The lowest BCUT2D eigenvalue weighted by Crippen LogP contribution is -2.36. The van der Waals surface area contributed by atoms with Gasteiger partial charge in [0, 0.05) is 6.54 Å². The molecule has 1 heterocycles. The van der Waals surface area contributed by atoms with E-state index in [0.29, 0.717) is 5.78 Å². The normalized spacial score (nSPS) is 32.0. The summed E-state index contributed by atoms with van der Waals surface area (Å²) in [5, 5.41) is 0. The van der Waals surface area contributed by atoms with Gasteiger partial charge in [0.25, 0.3) is 0 Å². The SMILES string of the molecule is CC(=O)C(C)N1CCC(C2CC2)C1. The molecule has 0 aromatic carbocycles. The molecule has 1 aliphatic carbocycles. The molecule has 74 valence electrons. The van der Waals surface area contributed by atoms with E-state index >= 15 is 0 Å². The Morgan fingerprint density at radius 2 is 2.00 bits per heavy atom. The van der Waals surface area contributed by atoms with Crippen molar-refractivity contribution < 1.29 is 4.79 Å². The second-order valence-electron chi connectivity index (χ2n) is 4.67. The van der Waals surface area contributed by atoms with Gasteiger partial charge in [0.15, 0.2) is 0 Å². The Morgan fingerprint density at radius 3 is 2.54 bits per heavy atom. The van der Waals surface area contributed by atoms with Crippen LogP contribution in [0.5, 0.6) is 0 Å². The minimum absolute atomic E-state index is 0.156. The summed E-state index contributed by atoms with van der Waals surface area (Å²) in [5.41, 5.74) is 0. The molecule has 0 radical (unpaired) electrons. The summed E-state index contributed by atoms with van der Waals surface area (Å²) >= 11 is 0. The van der Waals surface area contributed by atoms with Crippen LogP contribution in [0.2, 0.25) is 0 Å². The van der Waals surface area contributed by atoms with Gasteiger partial charge in [0.05, 0.1) is 6.04 Å². The largest absolute Gasteiger partial charge is 0.298 e. The van der Waals surface area contributed by atoms with Crippen molar-refractivity contribution in [3.8, 4) is 0 Å². The van der Waals surface area contributed by atoms with Crippen molar-refractivity contribution in [1.29, 1.82) is 0 Å². The van der Waals surface area contributed by atoms with E-state index in [-0.39, 0.29) is 6.04 Å². The van der Waals surface area contributed by atoms with E-state index in [9.17, 15) is 4.79 Å². The summed E-state index contributed by atoms with van der Waals surface area (Å²) in [5.74, 6) is 2.22. The Bertz CT molecular complexity index is 210. The van der Waals surface area contributed by atoms with Crippen molar-refractivity contribution in [1.82, 2.24) is 4.90 Å². The van der Waals surface area contributed by atoms with E-state index in [4.69, 9.17) is 0 Å². The summed E-state index contributed by atoms with van der Waals surface area (Å²) in [4.78, 5) is 13.5. The average molecular weight is 181 g/mol. The highest BCUT2D eigenvalue weighted by Crippen LogP contribution is 2.41. The molecule has 0 amide bonds. The van der Waals surface area contributed by atoms with Gasteiger partial charge in [-0.05, 0) is 51.5 Å². The molecule has 2 heteroatoms. The third-order valence-corrected chi connectivity index (χ3v) is 3.68. The average Bonchev–Trinajstić information content (AvgIpc) is 2.83. The van der Waals surface area contributed by atoms with Crippen LogP contribution in [-0.2, 0) is 4.79 Å². The van der Waals surface area contributed by atoms with Crippen molar-refractivity contribution in [2.75, 3.05) is 13.1 Å². The minimum atomic E-state index is 0.156. The minimum Gasteiger partial charge on any atom is -0.298 e. The first-order chi connectivity index (χ1) is 6.18. The molecule has 1 saturated heterocycles. The summed E-state index contributed by atoms with van der Waals surface area (Å²) < 4.78 is 0. The van der Waals surface area contributed by atoms with E-state index in [0.717, 1.165) is 18.4 Å². The fourth-order valence-corrected chi connectivity index (χ4v) is 2.38. The van der Waals surface area contributed by atoms with Crippen molar-refractivity contribution in [3.05, 3.63) is 0 Å². The molecule has 2 atom stereocenters. The summed E-state index contributed by atoms with van der Waals surface area (Å²) in [7, 11) is 0. The Morgan fingerprint density at radius 1 is 1.31 bits per heavy atom. The molecule has 0 N–H and O–H groups in total. The first-order valence-corrected chi connectivity index (χ1v) is 5.43. The Labute approximate surface area is 80.3 Å². The molecule has 2 unspecified atom stereocenters. The van der Waals surface area contributed by atoms with Crippen LogP contribution in [-0.4, -0.2) is 29.8 Å². The maximum Gasteiger partial charge on any atom is 0.146 e. The van der Waals surface area contributed by atoms with Crippen LogP contribution in [0.25, 0.3) is 0 Å². The molecular weight excluding hydrogens is 162 g/mol. The Balaban J connectivity index is 1.86. The highest BCUT2D eigenvalue weighted by atomic mass is 16.1. The van der Waals surface area contributed by atoms with E-state index < -0.39 is 0 Å². The third-order valence-electron chi connectivity index (χ3n) is 3.68. The molecule has 0 spiro atoms. The zero-order valence-corrected chi connectivity index (χ0v) is 8.62. The van der Waals surface area contributed by atoms with Crippen molar-refractivity contribution >= 4 is 5.78 Å². The molecule has 0 bridgehead atoms. The zero-order chi connectivity index (χ0) is 9.42. The van der Waals surface area contributed by atoms with Gasteiger partial charge in [-0.2, -0.15) is 0 Å². The number of carbonyl (C=O) groups is 1. The zero-order valence-electron chi connectivity index (χ0n) is 8.62. The second-order valence-corrected chi connectivity index (χ2v) is 4.67. The maximum atomic E-state index is 11.2. The molecular formula is C11H19NO. The van der Waals surface area contributed by atoms with Crippen molar-refractivity contribution in [2.24, 2.45) is 11.8 Å². The van der Waals surface area contributed by atoms with Gasteiger partial charge in [-0.1, -0.05) is 0 Å². The number of hydrogen-bond acceptors (Lipinski definition) is 2. The number of hydrogen-bond donors (Lipinski definition) is 0. The van der Waals surface area contributed by atoms with Crippen LogP contribution in [0, 0.1) is 11.8 Å². The first-order valence-electron chi connectivity index (χ1n) is 5.43. The molecule has 2 rings (SSSR count). The molecule has 1 aliphatic heterocycles. The molecule has 0 aromatic heterocycles. The lowest BCUT2D eigenvalue weighted by atomic mass is 10.0. The number of rotatable bonds is 3. The summed E-state index contributed by atoms with van der Waals surface area (Å²) in [6.45, 7) is 6.06. The smallest absolute Gasteiger partial charge is 0.146 e. The molecule has 2 fully saturated rings. The third kappa shape index (κ3) is 1.93. The van der Waals surface area contributed by atoms with Gasteiger partial charge in [-0.15, -0.1) is 0 Å². The highest BCUT2D eigenvalue weighted by molar-refractivity contribution is 5.80. The Kier molecular flexibility index (Phi) is 2.41. The van der Waals surface area contributed by atoms with E-state index in [1.54, 1.807) is 6.92 Å². The topological polar surface area (TPSA) is 20.3 Å². The van der Waals surface area contributed by atoms with Crippen LogP contribution >= 0.6 is 0 Å². The standard InChI is InChI=1S/C11H19NO/c1-8(9(2)13)12-6-5-11(7-12)10-3-4-10/h8,10-11H,3-7H2,1-2H3. The van der Waals surface area contributed by atoms with Gasteiger partial charge in [-0.25, -0.2) is 0 Å². The lowest BCUT2D eigenvalue weighted by molar-refractivity contribution is -0.121. The number of nitrogens with zero attached hydrogens (tertiary/aromatic N) is 1. The highest BCUT2D eigenvalue weighted by Gasteiger charge is 2.37. The number of carbonyl (C=O) groups excluding carboxylic acids is 1. The van der Waals surface area contributed by atoms with Crippen LogP contribution in [0.15, 0.2) is 0 Å². The predicted molar refractivity (Wildman–Crippen MR) is 52.5 cm³/mol. The van der Waals surface area contributed by atoms with E-state index in [1.165, 1.54) is 25.8 Å². The van der Waals surface area contributed by atoms with Gasteiger partial charge in [-0.3, -0.25) is 9.69 Å². The monoisotopic (exact) mass is 181 g/mol. The Hall–Kier alpha value is -0.370. The van der Waals surface area contributed by atoms with E-state index in [1.807, 2.05) is 6.92 Å². The number of Topliss-reactive ketones (excluding diaryl/α,β-unsaturated/α-hetero) is 1. The molecule has 1 saturated carbocycles. The molecule has 0 aromatic rings. The molecule has 2 aliphatic rings. The van der Waals surface area contributed by atoms with Gasteiger partial charge in [0.2, 0.25) is 0 Å². The maximum absolute atomic E-state index is 11.2. The van der Waals surface area contributed by atoms with E-state index in [2.05, 4.69) is 4.90 Å². The van der Waals surface area contributed by atoms with Crippen LogP contribution in [0.1, 0.15) is 33.1 Å². The molecule has 2 nitrogen and oxygen atoms in total. The number of likely N-dealkylation sites (tertiary alicyclic amines) is 1. The number of ketones is 1. The fraction of sp³-hybridized carbons (Fsp3) is 0.909. The van der Waals surface area contributed by atoms with Gasteiger partial charge < -0.3 is 0 Å². The first kappa shape index (κ1) is 9.20. The van der Waals surface area contributed by atoms with Crippen molar-refractivity contribution in [2.45, 2.75) is 39.2 Å². The van der Waals surface area contributed by atoms with Crippen LogP contribution in [0.3, 0.4) is 0 Å². The fourth-order valence-electron chi connectivity index (χ4n) is 2.38. The van der Waals surface area contributed by atoms with Crippen molar-refractivity contribution in [3.63, 3.8) is 0 Å². The van der Waals surface area contributed by atoms with Crippen LogP contribution in [0.4, 0.5) is 0 Å². The summed E-state index contributed by atoms with van der Waals surface area (Å²) in [6.07, 6.45) is 4.20. The second kappa shape index (κ2) is 3.41. The summed E-state index contributed by atoms with van der Waals surface area (Å²) in [6, 6.07) is 0.156. The van der Waals surface area contributed by atoms with Gasteiger partial charge in [0.1, 0.15) is 5.78 Å². The predicted octanol–water partition coefficient (Wildman–Crippen LogP) is 1.70.